The fourth-order valence-corrected chi connectivity index (χ4v) is 2.06. The lowest BCUT2D eigenvalue weighted by atomic mass is 10.0. The first-order chi connectivity index (χ1) is 6.65. The number of carbonyl (C=O) groups excluding carboxylic acids is 1. The van der Waals surface area contributed by atoms with E-state index in [9.17, 15) is 4.79 Å². The van der Waals surface area contributed by atoms with Gasteiger partial charge in [-0.05, 0) is 26.3 Å². The first-order valence-corrected chi connectivity index (χ1v) is 5.47. The Morgan fingerprint density at radius 2 is 2.29 bits per heavy atom. The number of hydrogen-bond donors (Lipinski definition) is 0. The van der Waals surface area contributed by atoms with E-state index in [4.69, 9.17) is 4.74 Å². The predicted molar refractivity (Wildman–Crippen MR) is 56.1 cm³/mol. The third-order valence-corrected chi connectivity index (χ3v) is 3.05. The van der Waals surface area contributed by atoms with Gasteiger partial charge in [-0.3, -0.25) is 9.69 Å². The number of ether oxygens (including phenoxy) is 1. The molecule has 2 unspecified atom stereocenters. The largest absolute Gasteiger partial charge is 0.469 e. The normalized spacial score (nSPS) is 25.8. The van der Waals surface area contributed by atoms with Crippen molar-refractivity contribution in [3.05, 3.63) is 0 Å². The van der Waals surface area contributed by atoms with Crippen LogP contribution < -0.4 is 0 Å². The zero-order chi connectivity index (χ0) is 10.6. The molecule has 14 heavy (non-hydrogen) atoms. The molecule has 0 N–H and O–H groups in total. The van der Waals surface area contributed by atoms with Gasteiger partial charge in [0, 0.05) is 12.6 Å². The number of likely N-dealkylation sites (tertiary alicyclic amines) is 1. The summed E-state index contributed by atoms with van der Waals surface area (Å²) in [5.74, 6) is -0.0941. The van der Waals surface area contributed by atoms with Crippen LogP contribution in [0.4, 0.5) is 0 Å². The van der Waals surface area contributed by atoms with Gasteiger partial charge in [0.2, 0.25) is 0 Å². The van der Waals surface area contributed by atoms with Gasteiger partial charge in [0.05, 0.1) is 13.0 Å². The molecule has 0 amide bonds. The zero-order valence-electron chi connectivity index (χ0n) is 9.45. The molecule has 1 saturated heterocycles. The Hall–Kier alpha value is -0.570. The maximum atomic E-state index is 11.2. The number of nitrogens with zero attached hydrogens (tertiary/aromatic N) is 1. The number of rotatable bonds is 3. The number of methoxy groups -OCH3 is 1. The molecule has 3 nitrogen and oxygen atoms in total. The topological polar surface area (TPSA) is 29.5 Å². The molecule has 0 radical (unpaired) electrons. The highest BCUT2D eigenvalue weighted by Gasteiger charge is 2.23. The van der Waals surface area contributed by atoms with Gasteiger partial charge in [0.25, 0.3) is 0 Å². The predicted octanol–water partition coefficient (Wildman–Crippen LogP) is 1.67. The third-order valence-electron chi connectivity index (χ3n) is 3.05. The van der Waals surface area contributed by atoms with Crippen LogP contribution in [-0.4, -0.2) is 37.1 Å². The number of esters is 1. The van der Waals surface area contributed by atoms with E-state index in [1.165, 1.54) is 26.4 Å². The van der Waals surface area contributed by atoms with Crippen LogP contribution in [0.2, 0.25) is 0 Å². The van der Waals surface area contributed by atoms with Crippen LogP contribution >= 0.6 is 0 Å². The Bertz CT molecular complexity index is 194. The Morgan fingerprint density at radius 1 is 1.57 bits per heavy atom. The van der Waals surface area contributed by atoms with Crippen LogP contribution in [0.5, 0.6) is 0 Å². The molecule has 1 fully saturated rings. The number of carbonyl (C=O) groups is 1. The van der Waals surface area contributed by atoms with E-state index in [0.717, 1.165) is 13.1 Å². The van der Waals surface area contributed by atoms with Crippen molar-refractivity contribution < 1.29 is 9.53 Å². The van der Waals surface area contributed by atoms with E-state index in [1.54, 1.807) is 0 Å². The average Bonchev–Trinajstić information content (AvgIpc) is 2.20. The van der Waals surface area contributed by atoms with E-state index >= 15 is 0 Å². The smallest absolute Gasteiger partial charge is 0.309 e. The summed E-state index contributed by atoms with van der Waals surface area (Å²) in [6.07, 6.45) is 3.84. The fraction of sp³-hybridized carbons (Fsp3) is 0.909. The van der Waals surface area contributed by atoms with Gasteiger partial charge >= 0.3 is 5.97 Å². The molecule has 0 bridgehead atoms. The molecule has 2 atom stereocenters. The van der Waals surface area contributed by atoms with E-state index < -0.39 is 0 Å². The van der Waals surface area contributed by atoms with Crippen molar-refractivity contribution in [3.63, 3.8) is 0 Å². The minimum atomic E-state index is -0.0947. The summed E-state index contributed by atoms with van der Waals surface area (Å²) in [6, 6.07) is 0.621. The second-order valence-electron chi connectivity index (χ2n) is 4.26. The van der Waals surface area contributed by atoms with E-state index in [-0.39, 0.29) is 11.9 Å². The summed E-state index contributed by atoms with van der Waals surface area (Å²) in [6.45, 7) is 6.15. The quantitative estimate of drug-likeness (QED) is 0.648. The minimum absolute atomic E-state index is 0.000509. The van der Waals surface area contributed by atoms with Crippen molar-refractivity contribution in [2.75, 3.05) is 20.2 Å². The van der Waals surface area contributed by atoms with Gasteiger partial charge in [0.1, 0.15) is 0 Å². The summed E-state index contributed by atoms with van der Waals surface area (Å²) in [7, 11) is 1.46. The minimum Gasteiger partial charge on any atom is -0.469 e. The lowest BCUT2D eigenvalue weighted by Crippen LogP contribution is -2.41. The average molecular weight is 199 g/mol. The molecule has 1 rings (SSSR count). The molecule has 1 aliphatic heterocycles. The lowest BCUT2D eigenvalue weighted by Gasteiger charge is -2.34. The third kappa shape index (κ3) is 2.98. The molecule has 0 spiro atoms. The van der Waals surface area contributed by atoms with Crippen LogP contribution in [0.25, 0.3) is 0 Å². The molecule has 0 aliphatic carbocycles. The number of piperidine rings is 1. The molecule has 1 heterocycles. The SMILES string of the molecule is COC(=O)C(C)CN1CCCCC1C. The molecule has 3 heteroatoms. The molecule has 0 aromatic carbocycles. The zero-order valence-corrected chi connectivity index (χ0v) is 9.45. The highest BCUT2D eigenvalue weighted by atomic mass is 16.5. The fourth-order valence-electron chi connectivity index (χ4n) is 2.06. The van der Waals surface area contributed by atoms with Crippen molar-refractivity contribution in [1.82, 2.24) is 4.90 Å². The molecule has 0 aromatic rings. The van der Waals surface area contributed by atoms with Crippen LogP contribution in [0.15, 0.2) is 0 Å². The van der Waals surface area contributed by atoms with Gasteiger partial charge in [0.15, 0.2) is 0 Å². The van der Waals surface area contributed by atoms with Gasteiger partial charge in [-0.1, -0.05) is 13.3 Å². The number of hydrogen-bond acceptors (Lipinski definition) is 3. The van der Waals surface area contributed by atoms with Crippen molar-refractivity contribution >= 4 is 5.97 Å². The van der Waals surface area contributed by atoms with Crippen LogP contribution in [0.3, 0.4) is 0 Å². The monoisotopic (exact) mass is 199 g/mol. The van der Waals surface area contributed by atoms with Crippen LogP contribution in [0, 0.1) is 5.92 Å². The standard InChI is InChI=1S/C11H21NO2/c1-9(11(13)14-3)8-12-7-5-4-6-10(12)2/h9-10H,4-8H2,1-3H3. The summed E-state index contributed by atoms with van der Waals surface area (Å²) in [5, 5.41) is 0. The van der Waals surface area contributed by atoms with Crippen molar-refractivity contribution in [1.29, 1.82) is 0 Å². The Balaban J connectivity index is 2.38. The molecule has 0 saturated carbocycles. The molecule has 1 aliphatic rings. The Morgan fingerprint density at radius 3 is 2.86 bits per heavy atom. The summed E-state index contributed by atoms with van der Waals surface area (Å²) >= 11 is 0. The molecular weight excluding hydrogens is 178 g/mol. The second-order valence-corrected chi connectivity index (χ2v) is 4.26. The molecular formula is C11H21NO2. The van der Waals surface area contributed by atoms with E-state index in [1.807, 2.05) is 6.92 Å². The van der Waals surface area contributed by atoms with E-state index in [0.29, 0.717) is 6.04 Å². The Labute approximate surface area is 86.4 Å². The highest BCUT2D eigenvalue weighted by molar-refractivity contribution is 5.72. The lowest BCUT2D eigenvalue weighted by molar-refractivity contribution is -0.145. The second kappa shape index (κ2) is 5.35. The first kappa shape index (κ1) is 11.5. The van der Waals surface area contributed by atoms with Gasteiger partial charge < -0.3 is 4.74 Å². The van der Waals surface area contributed by atoms with E-state index in [2.05, 4.69) is 11.8 Å². The van der Waals surface area contributed by atoms with Gasteiger partial charge in [-0.2, -0.15) is 0 Å². The molecule has 0 aromatic heterocycles. The van der Waals surface area contributed by atoms with Gasteiger partial charge in [-0.25, -0.2) is 0 Å². The van der Waals surface area contributed by atoms with Crippen LogP contribution in [-0.2, 0) is 9.53 Å². The first-order valence-electron chi connectivity index (χ1n) is 5.47. The molecule has 82 valence electrons. The summed E-state index contributed by atoms with van der Waals surface area (Å²) < 4.78 is 4.72. The van der Waals surface area contributed by atoms with Gasteiger partial charge in [-0.15, -0.1) is 0 Å². The van der Waals surface area contributed by atoms with Crippen molar-refractivity contribution in [2.45, 2.75) is 39.2 Å². The maximum Gasteiger partial charge on any atom is 0.309 e. The maximum absolute atomic E-state index is 11.2. The Kier molecular flexibility index (Phi) is 4.39. The van der Waals surface area contributed by atoms with Crippen LogP contribution in [0.1, 0.15) is 33.1 Å². The summed E-state index contributed by atoms with van der Waals surface area (Å²) in [5.41, 5.74) is 0. The van der Waals surface area contributed by atoms with Crippen molar-refractivity contribution in [2.24, 2.45) is 5.92 Å². The van der Waals surface area contributed by atoms with Crippen molar-refractivity contribution in [3.8, 4) is 0 Å². The summed E-state index contributed by atoms with van der Waals surface area (Å²) in [4.78, 5) is 13.6. The highest BCUT2D eigenvalue weighted by Crippen LogP contribution is 2.17.